The van der Waals surface area contributed by atoms with E-state index in [1.165, 1.54) is 24.1 Å². The summed E-state index contributed by atoms with van der Waals surface area (Å²) in [5, 5.41) is 20.9. The number of methoxy groups -OCH3 is 1. The third-order valence-electron chi connectivity index (χ3n) is 5.91. The average molecular weight is 538 g/mol. The molecular formula is C26H28ClN7O4. The molecule has 3 heterocycles. The van der Waals surface area contributed by atoms with E-state index in [9.17, 15) is 14.7 Å². The number of nitrogens with two attached hydrogens (primary N) is 1. The first kappa shape index (κ1) is 26.8. The molecule has 2 amide bonds. The molecule has 1 atom stereocenters. The highest BCUT2D eigenvalue weighted by Crippen LogP contribution is 2.30. The molecule has 38 heavy (non-hydrogen) atoms. The summed E-state index contributed by atoms with van der Waals surface area (Å²) < 4.78 is 6.81. The van der Waals surface area contributed by atoms with Crippen LogP contribution < -0.4 is 21.1 Å². The van der Waals surface area contributed by atoms with Crippen LogP contribution in [-0.4, -0.2) is 56.7 Å². The van der Waals surface area contributed by atoms with Crippen molar-refractivity contribution in [2.75, 3.05) is 25.9 Å². The van der Waals surface area contributed by atoms with Crippen LogP contribution in [0, 0.1) is 0 Å². The lowest BCUT2D eigenvalue weighted by atomic mass is 10.1. The zero-order valence-corrected chi connectivity index (χ0v) is 21.7. The van der Waals surface area contributed by atoms with Gasteiger partial charge in [0.25, 0.3) is 11.8 Å². The van der Waals surface area contributed by atoms with Gasteiger partial charge in [-0.05, 0) is 42.7 Å². The molecule has 4 aromatic rings. The summed E-state index contributed by atoms with van der Waals surface area (Å²) in [6.07, 6.45) is 3.10. The Labute approximate surface area is 224 Å². The van der Waals surface area contributed by atoms with Gasteiger partial charge in [0.05, 0.1) is 24.5 Å². The van der Waals surface area contributed by atoms with E-state index in [0.29, 0.717) is 45.9 Å². The minimum absolute atomic E-state index is 0.125. The molecule has 11 nitrogen and oxygen atoms in total. The molecule has 0 unspecified atom stereocenters. The van der Waals surface area contributed by atoms with Crippen molar-refractivity contribution in [3.8, 4) is 17.1 Å². The summed E-state index contributed by atoms with van der Waals surface area (Å²) in [5.41, 5.74) is 8.65. The van der Waals surface area contributed by atoms with Gasteiger partial charge in [0, 0.05) is 29.9 Å². The van der Waals surface area contributed by atoms with Gasteiger partial charge >= 0.3 is 0 Å². The van der Waals surface area contributed by atoms with Crippen LogP contribution in [0.2, 0.25) is 5.02 Å². The second kappa shape index (κ2) is 11.9. The molecule has 4 rings (SSSR count). The Hall–Kier alpha value is -4.22. The summed E-state index contributed by atoms with van der Waals surface area (Å²) in [5.74, 6) is -0.474. The number of nitrogens with one attached hydrogen (secondary N) is 2. The molecule has 198 valence electrons. The number of rotatable bonds is 10. The fraction of sp³-hybridized carbons (Fsp3) is 0.269. The van der Waals surface area contributed by atoms with Crippen molar-refractivity contribution in [2.24, 2.45) is 0 Å². The number of carbonyl (C=O) groups is 2. The number of nitrogen functional groups attached to an aromatic ring is 1. The number of amides is 2. The highest BCUT2D eigenvalue weighted by atomic mass is 35.5. The van der Waals surface area contributed by atoms with E-state index < -0.39 is 12.0 Å². The second-order valence-electron chi connectivity index (χ2n) is 8.50. The van der Waals surface area contributed by atoms with Crippen LogP contribution in [-0.2, 0) is 0 Å². The quantitative estimate of drug-likeness (QED) is 0.240. The standard InChI is InChI=1S/C26H28ClN7O4/c1-3-9-29-24(36)18-12-20(34-22(18)23(28)32-14-33-34)16-11-19(26(38-2)31-13-16)25(37)30-10-8-21(35)15-4-6-17(27)7-5-15/h4-7,11-14,21,35H,3,8-10H2,1-2H3,(H,29,36)(H,30,37)(H2,28,32,33)/t21-/m0/s1. The fourth-order valence-electron chi connectivity index (χ4n) is 3.97. The highest BCUT2D eigenvalue weighted by molar-refractivity contribution is 6.30. The summed E-state index contributed by atoms with van der Waals surface area (Å²) in [6, 6.07) is 10.1. The molecule has 0 saturated carbocycles. The summed E-state index contributed by atoms with van der Waals surface area (Å²) in [7, 11) is 1.42. The normalized spacial score (nSPS) is 11.8. The molecular weight excluding hydrogens is 510 g/mol. The zero-order valence-electron chi connectivity index (χ0n) is 20.9. The van der Waals surface area contributed by atoms with Crippen molar-refractivity contribution in [1.82, 2.24) is 30.2 Å². The molecule has 0 aliphatic heterocycles. The minimum Gasteiger partial charge on any atom is -0.480 e. The zero-order chi connectivity index (χ0) is 27.2. The number of hydrogen-bond acceptors (Lipinski definition) is 8. The smallest absolute Gasteiger partial charge is 0.256 e. The maximum Gasteiger partial charge on any atom is 0.256 e. The van der Waals surface area contributed by atoms with Gasteiger partial charge in [0.15, 0.2) is 5.82 Å². The van der Waals surface area contributed by atoms with Gasteiger partial charge in [0.2, 0.25) is 5.88 Å². The summed E-state index contributed by atoms with van der Waals surface area (Å²) >= 11 is 5.90. The van der Waals surface area contributed by atoms with Crippen LogP contribution >= 0.6 is 11.6 Å². The molecule has 0 aliphatic rings. The highest BCUT2D eigenvalue weighted by Gasteiger charge is 2.22. The van der Waals surface area contributed by atoms with Crippen LogP contribution in [0.3, 0.4) is 0 Å². The third kappa shape index (κ3) is 5.68. The number of fused-ring (bicyclic) bond motifs is 1. The van der Waals surface area contributed by atoms with Gasteiger partial charge < -0.3 is 26.2 Å². The maximum atomic E-state index is 13.1. The van der Waals surface area contributed by atoms with Crippen molar-refractivity contribution in [3.63, 3.8) is 0 Å². The lowest BCUT2D eigenvalue weighted by Crippen LogP contribution is -2.26. The Morgan fingerprint density at radius 2 is 1.82 bits per heavy atom. The van der Waals surface area contributed by atoms with Gasteiger partial charge in [-0.25, -0.2) is 14.5 Å². The van der Waals surface area contributed by atoms with Crippen molar-refractivity contribution in [1.29, 1.82) is 0 Å². The molecule has 0 bridgehead atoms. The molecule has 12 heteroatoms. The number of aromatic nitrogens is 4. The molecule has 0 fully saturated rings. The number of pyridine rings is 1. The van der Waals surface area contributed by atoms with E-state index in [1.807, 2.05) is 6.92 Å². The largest absolute Gasteiger partial charge is 0.480 e. The second-order valence-corrected chi connectivity index (χ2v) is 8.93. The van der Waals surface area contributed by atoms with Crippen molar-refractivity contribution in [2.45, 2.75) is 25.9 Å². The molecule has 0 spiro atoms. The van der Waals surface area contributed by atoms with Gasteiger partial charge in [-0.2, -0.15) is 5.10 Å². The number of anilines is 1. The molecule has 0 saturated heterocycles. The Balaban J connectivity index is 1.60. The third-order valence-corrected chi connectivity index (χ3v) is 6.16. The van der Waals surface area contributed by atoms with E-state index in [1.54, 1.807) is 36.4 Å². The number of hydrogen-bond donors (Lipinski definition) is 4. The van der Waals surface area contributed by atoms with Gasteiger partial charge in [-0.3, -0.25) is 9.59 Å². The van der Waals surface area contributed by atoms with E-state index >= 15 is 0 Å². The molecule has 0 aliphatic carbocycles. The molecule has 1 aromatic carbocycles. The number of carbonyl (C=O) groups excluding carboxylic acids is 2. The minimum atomic E-state index is -0.770. The van der Waals surface area contributed by atoms with E-state index in [4.69, 9.17) is 22.1 Å². The van der Waals surface area contributed by atoms with Gasteiger partial charge in [-0.1, -0.05) is 30.7 Å². The van der Waals surface area contributed by atoms with E-state index in [0.717, 1.165) is 6.42 Å². The van der Waals surface area contributed by atoms with Crippen molar-refractivity contribution < 1.29 is 19.4 Å². The van der Waals surface area contributed by atoms with Crippen LogP contribution in [0.25, 0.3) is 16.8 Å². The number of benzene rings is 1. The predicted molar refractivity (Wildman–Crippen MR) is 143 cm³/mol. The van der Waals surface area contributed by atoms with Crippen LogP contribution in [0.5, 0.6) is 5.88 Å². The Morgan fingerprint density at radius 3 is 2.53 bits per heavy atom. The first-order valence-corrected chi connectivity index (χ1v) is 12.4. The van der Waals surface area contributed by atoms with Gasteiger partial charge in [-0.15, -0.1) is 0 Å². The lowest BCUT2D eigenvalue weighted by Gasteiger charge is -2.13. The van der Waals surface area contributed by atoms with Gasteiger partial charge in [0.1, 0.15) is 17.4 Å². The number of ether oxygens (including phenoxy) is 1. The monoisotopic (exact) mass is 537 g/mol. The Morgan fingerprint density at radius 1 is 1.11 bits per heavy atom. The van der Waals surface area contributed by atoms with E-state index in [2.05, 4.69) is 25.7 Å². The number of aliphatic hydroxyl groups excluding tert-OH is 1. The number of halogens is 1. The number of nitrogens with zero attached hydrogens (tertiary/aromatic N) is 4. The van der Waals surface area contributed by atoms with Crippen LogP contribution in [0.1, 0.15) is 52.1 Å². The first-order chi connectivity index (χ1) is 18.3. The summed E-state index contributed by atoms with van der Waals surface area (Å²) in [6.45, 7) is 2.66. The first-order valence-electron chi connectivity index (χ1n) is 12.0. The van der Waals surface area contributed by atoms with Crippen molar-refractivity contribution in [3.05, 3.63) is 70.6 Å². The van der Waals surface area contributed by atoms with E-state index in [-0.39, 0.29) is 29.7 Å². The lowest BCUT2D eigenvalue weighted by molar-refractivity contribution is 0.0935. The topological polar surface area (TPSA) is 157 Å². The van der Waals surface area contributed by atoms with Crippen LogP contribution in [0.15, 0.2) is 48.9 Å². The SMILES string of the molecule is CCCNC(=O)c1cc(-c2cnc(OC)c(C(=O)NCC[C@H](O)c3ccc(Cl)cc3)c2)n2ncnc(N)c12. The Bertz CT molecular complexity index is 1460. The summed E-state index contributed by atoms with van der Waals surface area (Å²) in [4.78, 5) is 34.2. The fourth-order valence-corrected chi connectivity index (χ4v) is 4.09. The molecule has 5 N–H and O–H groups in total. The molecule has 0 radical (unpaired) electrons. The predicted octanol–water partition coefficient (Wildman–Crippen LogP) is 3.03. The number of aliphatic hydroxyl groups is 1. The van der Waals surface area contributed by atoms with Crippen molar-refractivity contribution >= 4 is 34.7 Å². The maximum absolute atomic E-state index is 13.1. The Kier molecular flexibility index (Phi) is 8.39. The average Bonchev–Trinajstić information content (AvgIpc) is 3.32. The van der Waals surface area contributed by atoms with Crippen LogP contribution in [0.4, 0.5) is 5.82 Å². The molecule has 3 aromatic heterocycles.